The monoisotopic (exact) mass is 608 g/mol. The average Bonchev–Trinajstić information content (AvgIpc) is 2.86. The first kappa shape index (κ1) is 29.8. The van der Waals surface area contributed by atoms with Crippen molar-refractivity contribution in [1.29, 1.82) is 0 Å². The topological polar surface area (TPSA) is 142 Å². The molecule has 3 aromatic rings. The van der Waals surface area contributed by atoms with Crippen LogP contribution in [-0.4, -0.2) is 61.7 Å². The number of likely N-dealkylation sites (tertiary alicyclic amines) is 1. The minimum absolute atomic E-state index is 0.131. The summed E-state index contributed by atoms with van der Waals surface area (Å²) in [5.41, 5.74) is 6.69. The maximum atomic E-state index is 14.2. The fourth-order valence-corrected chi connectivity index (χ4v) is 6.23. The van der Waals surface area contributed by atoms with E-state index in [-0.39, 0.29) is 29.0 Å². The van der Waals surface area contributed by atoms with E-state index in [4.69, 9.17) is 28.9 Å². The van der Waals surface area contributed by atoms with Gasteiger partial charge in [-0.15, -0.1) is 0 Å². The fourth-order valence-electron chi connectivity index (χ4n) is 4.59. The van der Waals surface area contributed by atoms with E-state index in [1.54, 1.807) is 24.3 Å². The third-order valence-corrected chi connectivity index (χ3v) is 8.40. The van der Waals surface area contributed by atoms with Gasteiger partial charge in [0.25, 0.3) is 5.91 Å². The van der Waals surface area contributed by atoms with Gasteiger partial charge in [0.1, 0.15) is 11.9 Å². The zero-order valence-electron chi connectivity index (χ0n) is 21.1. The van der Waals surface area contributed by atoms with E-state index >= 15 is 0 Å². The van der Waals surface area contributed by atoms with Gasteiger partial charge >= 0.3 is 0 Å². The molecule has 5 N–H and O–H groups in total. The molecular formula is C27H27Cl2FN4O5S. The smallest absolute Gasteiger partial charge is 0.252 e. The predicted molar refractivity (Wildman–Crippen MR) is 151 cm³/mol. The maximum absolute atomic E-state index is 14.2. The van der Waals surface area contributed by atoms with Crippen LogP contribution in [0.3, 0.4) is 0 Å². The van der Waals surface area contributed by atoms with Crippen molar-refractivity contribution < 1.29 is 27.5 Å². The van der Waals surface area contributed by atoms with Crippen molar-refractivity contribution in [3.8, 4) is 0 Å². The Bertz CT molecular complexity index is 1440. The SMILES string of the molecule is NC(=O)[C@H](CO)NC(=O)c1cc(F)cc(NS(=O)(=O)CC2CN(C(c3ccc(Cl)cc3)c3ccc(Cl)cc3)C2)c1. The molecule has 0 bridgehead atoms. The highest BCUT2D eigenvalue weighted by Crippen LogP contribution is 2.36. The van der Waals surface area contributed by atoms with Crippen LogP contribution in [0.4, 0.5) is 10.1 Å². The lowest BCUT2D eigenvalue weighted by atomic mass is 9.91. The standard InChI is InChI=1S/C27H27Cl2FN4O5S/c28-20-5-1-17(2-6-20)25(18-3-7-21(29)8-4-18)34-12-16(13-34)15-40(38,39)33-23-10-19(9-22(30)11-23)27(37)32-24(14-35)26(31)36/h1-11,16,24-25,33,35H,12-15H2,(H2,31,36)(H,32,37)/t24-/m0/s1. The highest BCUT2D eigenvalue weighted by molar-refractivity contribution is 7.92. The molecule has 212 valence electrons. The van der Waals surface area contributed by atoms with Gasteiger partial charge in [0.15, 0.2) is 0 Å². The number of carbonyl (C=O) groups excluding carboxylic acids is 2. The van der Waals surface area contributed by atoms with Gasteiger partial charge < -0.3 is 16.2 Å². The lowest BCUT2D eigenvalue weighted by Gasteiger charge is -2.44. The van der Waals surface area contributed by atoms with E-state index in [0.717, 1.165) is 29.3 Å². The number of aliphatic hydroxyl groups excluding tert-OH is 1. The summed E-state index contributed by atoms with van der Waals surface area (Å²) in [7, 11) is -3.91. The molecule has 4 rings (SSSR count). The molecule has 1 heterocycles. The second-order valence-electron chi connectivity index (χ2n) is 9.55. The third kappa shape index (κ3) is 7.49. The molecule has 1 fully saturated rings. The molecule has 9 nitrogen and oxygen atoms in total. The van der Waals surface area contributed by atoms with Gasteiger partial charge in [0, 0.05) is 34.6 Å². The molecule has 2 amide bonds. The summed E-state index contributed by atoms with van der Waals surface area (Å²) in [5, 5.41) is 12.6. The zero-order valence-corrected chi connectivity index (χ0v) is 23.4. The highest BCUT2D eigenvalue weighted by Gasteiger charge is 2.36. The van der Waals surface area contributed by atoms with Crippen LogP contribution in [-0.2, 0) is 14.8 Å². The fraction of sp³-hybridized carbons (Fsp3) is 0.259. The van der Waals surface area contributed by atoms with Crippen LogP contribution >= 0.6 is 23.2 Å². The van der Waals surface area contributed by atoms with Crippen LogP contribution in [0, 0.1) is 11.7 Å². The number of sulfonamides is 1. The van der Waals surface area contributed by atoms with Crippen LogP contribution in [0.5, 0.6) is 0 Å². The number of rotatable bonds is 11. The lowest BCUT2D eigenvalue weighted by molar-refractivity contribution is -0.120. The molecule has 3 aromatic carbocycles. The molecule has 1 atom stereocenters. The van der Waals surface area contributed by atoms with E-state index in [2.05, 4.69) is 14.9 Å². The minimum atomic E-state index is -3.91. The van der Waals surface area contributed by atoms with Crippen LogP contribution in [0.2, 0.25) is 10.0 Å². The largest absolute Gasteiger partial charge is 0.394 e. The van der Waals surface area contributed by atoms with E-state index in [1.807, 2.05) is 24.3 Å². The minimum Gasteiger partial charge on any atom is -0.394 e. The zero-order chi connectivity index (χ0) is 29.0. The Balaban J connectivity index is 1.43. The number of benzene rings is 3. The molecule has 13 heteroatoms. The Morgan fingerprint density at radius 2 is 1.55 bits per heavy atom. The van der Waals surface area contributed by atoms with Crippen molar-refractivity contribution in [1.82, 2.24) is 10.2 Å². The molecule has 40 heavy (non-hydrogen) atoms. The Labute approximate surface area is 241 Å². The van der Waals surface area contributed by atoms with Crippen molar-refractivity contribution in [2.45, 2.75) is 12.1 Å². The summed E-state index contributed by atoms with van der Waals surface area (Å²) in [6, 6.07) is 16.4. The lowest BCUT2D eigenvalue weighted by Crippen LogP contribution is -2.51. The highest BCUT2D eigenvalue weighted by atomic mass is 35.5. The molecule has 0 aliphatic carbocycles. The number of carbonyl (C=O) groups is 2. The van der Waals surface area contributed by atoms with Gasteiger partial charge in [0.05, 0.1) is 24.1 Å². The molecule has 1 saturated heterocycles. The molecule has 0 spiro atoms. The van der Waals surface area contributed by atoms with Crippen molar-refractivity contribution >= 4 is 50.7 Å². The van der Waals surface area contributed by atoms with Gasteiger partial charge in [-0.1, -0.05) is 47.5 Å². The first-order valence-corrected chi connectivity index (χ1v) is 14.6. The van der Waals surface area contributed by atoms with Crippen LogP contribution in [0.1, 0.15) is 27.5 Å². The number of nitrogens with two attached hydrogens (primary N) is 1. The summed E-state index contributed by atoms with van der Waals surface area (Å²) in [6.07, 6.45) is 0. The molecule has 0 aromatic heterocycles. The van der Waals surface area contributed by atoms with E-state index in [9.17, 15) is 27.5 Å². The number of nitrogens with zero attached hydrogens (tertiary/aromatic N) is 1. The summed E-state index contributed by atoms with van der Waals surface area (Å²) >= 11 is 12.1. The number of aliphatic hydroxyl groups is 1. The van der Waals surface area contributed by atoms with Crippen LogP contribution in [0.25, 0.3) is 0 Å². The van der Waals surface area contributed by atoms with Crippen molar-refractivity contribution in [3.63, 3.8) is 0 Å². The van der Waals surface area contributed by atoms with E-state index < -0.39 is 40.3 Å². The molecule has 1 aliphatic heterocycles. The Morgan fingerprint density at radius 3 is 2.05 bits per heavy atom. The van der Waals surface area contributed by atoms with E-state index in [0.29, 0.717) is 23.1 Å². The molecule has 0 unspecified atom stereocenters. The second-order valence-corrected chi connectivity index (χ2v) is 12.2. The molecular weight excluding hydrogens is 582 g/mol. The number of anilines is 1. The normalized spacial score (nSPS) is 14.9. The van der Waals surface area contributed by atoms with Crippen LogP contribution in [0.15, 0.2) is 66.7 Å². The molecule has 1 aliphatic rings. The van der Waals surface area contributed by atoms with Crippen molar-refractivity contribution in [2.24, 2.45) is 11.7 Å². The van der Waals surface area contributed by atoms with Gasteiger partial charge in [-0.2, -0.15) is 0 Å². The van der Waals surface area contributed by atoms with Gasteiger partial charge in [-0.25, -0.2) is 12.8 Å². The summed E-state index contributed by atoms with van der Waals surface area (Å²) < 4.78 is 42.4. The van der Waals surface area contributed by atoms with Gasteiger partial charge in [0.2, 0.25) is 15.9 Å². The molecule has 0 saturated carbocycles. The quantitative estimate of drug-likeness (QED) is 0.263. The summed E-state index contributed by atoms with van der Waals surface area (Å²) in [5.74, 6) is -3.16. The van der Waals surface area contributed by atoms with E-state index in [1.165, 1.54) is 0 Å². The average molecular weight is 610 g/mol. The van der Waals surface area contributed by atoms with Crippen molar-refractivity contribution in [2.75, 3.05) is 30.2 Å². The number of halogens is 3. The Kier molecular flexibility index (Phi) is 9.32. The van der Waals surface area contributed by atoms with Crippen molar-refractivity contribution in [3.05, 3.63) is 99.3 Å². The third-order valence-electron chi connectivity index (χ3n) is 6.44. The summed E-state index contributed by atoms with van der Waals surface area (Å²) in [6.45, 7) is 0.234. The Hall–Kier alpha value is -3.22. The van der Waals surface area contributed by atoms with Gasteiger partial charge in [-0.3, -0.25) is 19.2 Å². The Morgan fingerprint density at radius 1 is 1.00 bits per heavy atom. The summed E-state index contributed by atoms with van der Waals surface area (Å²) in [4.78, 5) is 25.8. The molecule has 0 radical (unpaired) electrons. The number of amides is 2. The number of hydrogen-bond acceptors (Lipinski definition) is 6. The second kappa shape index (κ2) is 12.5. The number of nitrogens with one attached hydrogen (secondary N) is 2. The maximum Gasteiger partial charge on any atom is 0.252 e. The predicted octanol–water partition coefficient (Wildman–Crippen LogP) is 3.17. The first-order chi connectivity index (χ1) is 18.9. The van der Waals surface area contributed by atoms with Crippen LogP contribution < -0.4 is 15.8 Å². The number of hydrogen-bond donors (Lipinski definition) is 4. The number of primary amides is 1. The first-order valence-electron chi connectivity index (χ1n) is 12.2. The van der Waals surface area contributed by atoms with Gasteiger partial charge in [-0.05, 0) is 53.6 Å².